The first kappa shape index (κ1) is 6.89. The molecule has 0 radical (unpaired) electrons. The molecule has 0 aromatic carbocycles. The van der Waals surface area contributed by atoms with E-state index in [0.29, 0.717) is 6.54 Å². The highest BCUT2D eigenvalue weighted by Gasteiger charge is 1.74. The monoisotopic (exact) mass is 121 g/mol. The van der Waals surface area contributed by atoms with Crippen molar-refractivity contribution in [2.24, 2.45) is 5.73 Å². The van der Waals surface area contributed by atoms with E-state index in [9.17, 15) is 4.57 Å². The summed E-state index contributed by atoms with van der Waals surface area (Å²) in [4.78, 5) is 8.09. The second kappa shape index (κ2) is 4.06. The van der Waals surface area contributed by atoms with Gasteiger partial charge in [-0.25, -0.2) is 0 Å². The van der Waals surface area contributed by atoms with E-state index in [1.165, 1.54) is 11.9 Å². The first-order chi connectivity index (χ1) is 3.27. The SMILES string of the molecule is NC/C=C\[PH](=O)O. The van der Waals surface area contributed by atoms with Crippen LogP contribution >= 0.6 is 8.03 Å². The third-order valence-corrected chi connectivity index (χ3v) is 0.917. The summed E-state index contributed by atoms with van der Waals surface area (Å²) in [6, 6.07) is 0. The van der Waals surface area contributed by atoms with E-state index in [-0.39, 0.29) is 0 Å². The Labute approximate surface area is 42.7 Å². The van der Waals surface area contributed by atoms with Crippen molar-refractivity contribution in [3.63, 3.8) is 0 Å². The van der Waals surface area contributed by atoms with E-state index in [4.69, 9.17) is 10.6 Å². The molecule has 0 aliphatic carbocycles. The van der Waals surface area contributed by atoms with Gasteiger partial charge in [-0.15, -0.1) is 0 Å². The van der Waals surface area contributed by atoms with E-state index in [0.717, 1.165) is 0 Å². The predicted molar refractivity (Wildman–Crippen MR) is 29.4 cm³/mol. The number of hydrogen-bond donors (Lipinski definition) is 2. The van der Waals surface area contributed by atoms with Crippen molar-refractivity contribution in [3.8, 4) is 0 Å². The lowest BCUT2D eigenvalue weighted by atomic mass is 10.7. The van der Waals surface area contributed by atoms with Crippen molar-refractivity contribution in [1.82, 2.24) is 0 Å². The Morgan fingerprint density at radius 3 is 2.57 bits per heavy atom. The molecule has 0 spiro atoms. The summed E-state index contributed by atoms with van der Waals surface area (Å²) in [6.45, 7) is 0.330. The third kappa shape index (κ3) is 5.89. The Kier molecular flexibility index (Phi) is 4.00. The van der Waals surface area contributed by atoms with E-state index >= 15 is 0 Å². The highest BCUT2D eigenvalue weighted by Crippen LogP contribution is 2.12. The van der Waals surface area contributed by atoms with Crippen LogP contribution in [0.1, 0.15) is 0 Å². The molecule has 1 atom stereocenters. The molecule has 0 rings (SSSR count). The van der Waals surface area contributed by atoms with E-state index in [1.54, 1.807) is 0 Å². The quantitative estimate of drug-likeness (QED) is 0.502. The first-order valence-electron chi connectivity index (χ1n) is 1.87. The molecular formula is C3H8NO2P. The van der Waals surface area contributed by atoms with E-state index < -0.39 is 8.03 Å². The number of rotatable bonds is 2. The van der Waals surface area contributed by atoms with E-state index in [2.05, 4.69) is 0 Å². The summed E-state index contributed by atoms with van der Waals surface area (Å²) in [5.74, 6) is 1.20. The molecule has 0 aromatic heterocycles. The van der Waals surface area contributed by atoms with Gasteiger partial charge in [-0.2, -0.15) is 0 Å². The van der Waals surface area contributed by atoms with Crippen molar-refractivity contribution < 1.29 is 9.46 Å². The maximum absolute atomic E-state index is 9.80. The highest BCUT2D eigenvalue weighted by molar-refractivity contribution is 7.41. The molecular weight excluding hydrogens is 113 g/mol. The van der Waals surface area contributed by atoms with Crippen LogP contribution in [0.4, 0.5) is 0 Å². The Balaban J connectivity index is 3.26. The normalized spacial score (nSPS) is 15.1. The standard InChI is InChI=1S/C3H8NO2P/c4-2-1-3-7(5)6/h1,3,7H,2,4H2,(H,5,6)/b3-1-. The fourth-order valence-electron chi connectivity index (χ4n) is 0.169. The van der Waals surface area contributed by atoms with Crippen LogP contribution in [0.2, 0.25) is 0 Å². The van der Waals surface area contributed by atoms with Gasteiger partial charge >= 0.3 is 0 Å². The van der Waals surface area contributed by atoms with Crippen molar-refractivity contribution in [2.45, 2.75) is 0 Å². The molecule has 4 heteroatoms. The Morgan fingerprint density at radius 2 is 2.43 bits per heavy atom. The smallest absolute Gasteiger partial charge is 0.210 e. The predicted octanol–water partition coefficient (Wildman–Crippen LogP) is -0.0742. The van der Waals surface area contributed by atoms with Gasteiger partial charge in [0.15, 0.2) is 0 Å². The van der Waals surface area contributed by atoms with Gasteiger partial charge in [-0.3, -0.25) is 4.57 Å². The molecule has 3 N–H and O–H groups in total. The lowest BCUT2D eigenvalue weighted by Crippen LogP contribution is -1.91. The average molecular weight is 121 g/mol. The molecule has 0 aliphatic heterocycles. The van der Waals surface area contributed by atoms with Gasteiger partial charge in [0.2, 0.25) is 8.03 Å². The molecule has 7 heavy (non-hydrogen) atoms. The van der Waals surface area contributed by atoms with Crippen molar-refractivity contribution in [3.05, 3.63) is 11.9 Å². The first-order valence-corrected chi connectivity index (χ1v) is 3.30. The minimum Gasteiger partial charge on any atom is -0.344 e. The zero-order chi connectivity index (χ0) is 5.70. The van der Waals surface area contributed by atoms with Crippen LogP contribution in [0.15, 0.2) is 11.9 Å². The Morgan fingerprint density at radius 1 is 1.86 bits per heavy atom. The maximum Gasteiger partial charge on any atom is 0.210 e. The summed E-state index contributed by atoms with van der Waals surface area (Å²) in [7, 11) is -2.41. The zero-order valence-electron chi connectivity index (χ0n) is 3.79. The minimum atomic E-state index is -2.41. The van der Waals surface area contributed by atoms with Crippen molar-refractivity contribution in [1.29, 1.82) is 0 Å². The molecule has 42 valence electrons. The Hall–Kier alpha value is -0.110. The van der Waals surface area contributed by atoms with Gasteiger partial charge in [0, 0.05) is 6.54 Å². The number of nitrogens with two attached hydrogens (primary N) is 1. The molecule has 0 amide bonds. The molecule has 1 unspecified atom stereocenters. The van der Waals surface area contributed by atoms with Crippen LogP contribution in [0.5, 0.6) is 0 Å². The minimum absolute atomic E-state index is 0.330. The molecule has 0 aromatic rings. The van der Waals surface area contributed by atoms with Gasteiger partial charge < -0.3 is 10.6 Å². The van der Waals surface area contributed by atoms with Crippen LogP contribution in [0.25, 0.3) is 0 Å². The van der Waals surface area contributed by atoms with Gasteiger partial charge in [0.1, 0.15) is 0 Å². The van der Waals surface area contributed by atoms with Crippen LogP contribution in [-0.2, 0) is 4.57 Å². The number of hydrogen-bond acceptors (Lipinski definition) is 2. The second-order valence-electron chi connectivity index (χ2n) is 0.976. The molecule has 0 fully saturated rings. The van der Waals surface area contributed by atoms with Crippen LogP contribution < -0.4 is 5.73 Å². The molecule has 0 bridgehead atoms. The molecule has 3 nitrogen and oxygen atoms in total. The van der Waals surface area contributed by atoms with Gasteiger partial charge in [-0.1, -0.05) is 6.08 Å². The largest absolute Gasteiger partial charge is 0.344 e. The van der Waals surface area contributed by atoms with Crippen molar-refractivity contribution >= 4 is 8.03 Å². The maximum atomic E-state index is 9.80. The summed E-state index contributed by atoms with van der Waals surface area (Å²) >= 11 is 0. The van der Waals surface area contributed by atoms with Crippen LogP contribution in [0, 0.1) is 0 Å². The fraction of sp³-hybridized carbons (Fsp3) is 0.333. The lowest BCUT2D eigenvalue weighted by Gasteiger charge is -1.76. The summed E-state index contributed by atoms with van der Waals surface area (Å²) in [5.41, 5.74) is 4.96. The summed E-state index contributed by atoms with van der Waals surface area (Å²) in [5, 5.41) is 0. The molecule has 0 saturated heterocycles. The van der Waals surface area contributed by atoms with Gasteiger partial charge in [0.25, 0.3) is 0 Å². The fourth-order valence-corrected chi connectivity index (χ4v) is 0.507. The average Bonchev–Trinajstić information content (AvgIpc) is 1.61. The summed E-state index contributed by atoms with van der Waals surface area (Å²) < 4.78 is 9.80. The second-order valence-corrected chi connectivity index (χ2v) is 1.99. The van der Waals surface area contributed by atoms with Crippen LogP contribution in [-0.4, -0.2) is 11.4 Å². The van der Waals surface area contributed by atoms with Crippen LogP contribution in [0.3, 0.4) is 0 Å². The molecule has 0 saturated carbocycles. The highest BCUT2D eigenvalue weighted by atomic mass is 31.1. The summed E-state index contributed by atoms with van der Waals surface area (Å²) in [6.07, 6.45) is 1.46. The lowest BCUT2D eigenvalue weighted by molar-refractivity contribution is 0.512. The van der Waals surface area contributed by atoms with Crippen molar-refractivity contribution in [2.75, 3.05) is 6.54 Å². The van der Waals surface area contributed by atoms with Gasteiger partial charge in [0.05, 0.1) is 0 Å². The topological polar surface area (TPSA) is 63.3 Å². The molecule has 0 aliphatic rings. The molecule has 0 heterocycles. The zero-order valence-corrected chi connectivity index (χ0v) is 4.79. The Bertz CT molecular complexity index is 90.9. The third-order valence-electron chi connectivity index (χ3n) is 0.397. The van der Waals surface area contributed by atoms with E-state index in [1.807, 2.05) is 0 Å². The van der Waals surface area contributed by atoms with Gasteiger partial charge in [-0.05, 0) is 5.82 Å².